The Morgan fingerprint density at radius 3 is 2.94 bits per heavy atom. The molecular formula is C13H23N3. The van der Waals surface area contributed by atoms with Gasteiger partial charge in [0.25, 0.3) is 0 Å². The summed E-state index contributed by atoms with van der Waals surface area (Å²) in [5, 5.41) is 7.92. The summed E-state index contributed by atoms with van der Waals surface area (Å²) in [6.07, 6.45) is 10.8. The van der Waals surface area contributed by atoms with Crippen LogP contribution in [0.1, 0.15) is 46.0 Å². The second-order valence-electron chi connectivity index (χ2n) is 4.97. The number of aromatic nitrogens is 2. The maximum Gasteiger partial charge on any atom is 0.0728 e. The third-order valence-corrected chi connectivity index (χ3v) is 3.59. The van der Waals surface area contributed by atoms with Crippen molar-refractivity contribution in [2.75, 3.05) is 5.32 Å². The van der Waals surface area contributed by atoms with E-state index < -0.39 is 0 Å². The van der Waals surface area contributed by atoms with Crippen molar-refractivity contribution in [3.63, 3.8) is 0 Å². The first-order valence-electron chi connectivity index (χ1n) is 6.58. The zero-order chi connectivity index (χ0) is 11.4. The van der Waals surface area contributed by atoms with Crippen LogP contribution in [0.2, 0.25) is 0 Å². The van der Waals surface area contributed by atoms with Gasteiger partial charge in [0, 0.05) is 18.8 Å². The Morgan fingerprint density at radius 1 is 1.50 bits per heavy atom. The van der Waals surface area contributed by atoms with E-state index >= 15 is 0 Å². The average Bonchev–Trinajstić information content (AvgIpc) is 2.89. The lowest BCUT2D eigenvalue weighted by molar-refractivity contribution is 0.482. The van der Waals surface area contributed by atoms with Gasteiger partial charge in [0.2, 0.25) is 0 Å². The van der Waals surface area contributed by atoms with Gasteiger partial charge in [-0.15, -0.1) is 0 Å². The Bertz CT molecular complexity index is 313. The van der Waals surface area contributed by atoms with Crippen molar-refractivity contribution in [1.82, 2.24) is 9.78 Å². The molecule has 0 amide bonds. The van der Waals surface area contributed by atoms with Gasteiger partial charge < -0.3 is 5.32 Å². The van der Waals surface area contributed by atoms with E-state index in [4.69, 9.17) is 0 Å². The van der Waals surface area contributed by atoms with E-state index in [1.54, 1.807) is 0 Å². The minimum Gasteiger partial charge on any atom is -0.380 e. The van der Waals surface area contributed by atoms with Crippen molar-refractivity contribution in [2.45, 2.75) is 58.5 Å². The van der Waals surface area contributed by atoms with E-state index in [1.807, 2.05) is 10.9 Å². The molecule has 0 aromatic carbocycles. The van der Waals surface area contributed by atoms with Gasteiger partial charge in [-0.25, -0.2) is 0 Å². The molecule has 1 aliphatic carbocycles. The molecule has 1 fully saturated rings. The third kappa shape index (κ3) is 2.77. The van der Waals surface area contributed by atoms with E-state index in [-0.39, 0.29) is 0 Å². The molecule has 3 nitrogen and oxygen atoms in total. The Morgan fingerprint density at radius 2 is 2.25 bits per heavy atom. The summed E-state index contributed by atoms with van der Waals surface area (Å²) in [7, 11) is 0. The van der Waals surface area contributed by atoms with Crippen LogP contribution < -0.4 is 5.32 Å². The van der Waals surface area contributed by atoms with Crippen LogP contribution in [0.15, 0.2) is 12.4 Å². The lowest BCUT2D eigenvalue weighted by Gasteiger charge is -2.20. The number of nitrogens with one attached hydrogen (secondary N) is 1. The highest BCUT2D eigenvalue weighted by atomic mass is 15.3. The number of nitrogens with zero attached hydrogens (tertiary/aromatic N) is 2. The topological polar surface area (TPSA) is 29.9 Å². The van der Waals surface area contributed by atoms with E-state index in [0.29, 0.717) is 6.04 Å². The molecule has 1 aliphatic rings. The first kappa shape index (κ1) is 11.5. The van der Waals surface area contributed by atoms with Crippen molar-refractivity contribution in [3.8, 4) is 0 Å². The number of hydrogen-bond donors (Lipinski definition) is 1. The molecular weight excluding hydrogens is 198 g/mol. The van der Waals surface area contributed by atoms with Crippen LogP contribution in [0.25, 0.3) is 0 Å². The molecule has 90 valence electrons. The molecule has 0 aliphatic heterocycles. The zero-order valence-corrected chi connectivity index (χ0v) is 10.4. The molecule has 0 spiro atoms. The summed E-state index contributed by atoms with van der Waals surface area (Å²) < 4.78 is 2.02. The Kier molecular flexibility index (Phi) is 3.86. The van der Waals surface area contributed by atoms with Gasteiger partial charge in [0.05, 0.1) is 11.9 Å². The van der Waals surface area contributed by atoms with E-state index in [9.17, 15) is 0 Å². The molecule has 16 heavy (non-hydrogen) atoms. The molecule has 0 saturated heterocycles. The van der Waals surface area contributed by atoms with Crippen molar-refractivity contribution in [2.24, 2.45) is 5.92 Å². The fourth-order valence-electron chi connectivity index (χ4n) is 2.63. The van der Waals surface area contributed by atoms with Gasteiger partial charge in [0.15, 0.2) is 0 Å². The highest BCUT2D eigenvalue weighted by molar-refractivity contribution is 5.39. The van der Waals surface area contributed by atoms with Gasteiger partial charge in [-0.2, -0.15) is 5.10 Å². The molecule has 1 heterocycles. The van der Waals surface area contributed by atoms with Crippen molar-refractivity contribution < 1.29 is 0 Å². The predicted molar refractivity (Wildman–Crippen MR) is 67.6 cm³/mol. The monoisotopic (exact) mass is 221 g/mol. The van der Waals surface area contributed by atoms with Crippen LogP contribution in [-0.4, -0.2) is 15.8 Å². The first-order chi connectivity index (χ1) is 7.79. The van der Waals surface area contributed by atoms with Crippen LogP contribution in [0.5, 0.6) is 0 Å². The lowest BCUT2D eigenvalue weighted by Crippen LogP contribution is -2.23. The summed E-state index contributed by atoms with van der Waals surface area (Å²) >= 11 is 0. The van der Waals surface area contributed by atoms with Crippen molar-refractivity contribution >= 4 is 5.69 Å². The fraction of sp³-hybridized carbons (Fsp3) is 0.769. The minimum absolute atomic E-state index is 0.585. The molecule has 1 saturated carbocycles. The summed E-state index contributed by atoms with van der Waals surface area (Å²) in [6, 6.07) is 0.585. The summed E-state index contributed by atoms with van der Waals surface area (Å²) in [4.78, 5) is 0. The second-order valence-corrected chi connectivity index (χ2v) is 4.97. The molecule has 0 radical (unpaired) electrons. The number of anilines is 1. The number of rotatable bonds is 5. The molecule has 0 bridgehead atoms. The zero-order valence-electron chi connectivity index (χ0n) is 10.4. The Balaban J connectivity index is 1.87. The molecule has 1 N–H and O–H groups in total. The molecule has 3 heteroatoms. The SMILES string of the molecule is CCCn1cc(NC(C)C2CCCC2)cn1. The summed E-state index contributed by atoms with van der Waals surface area (Å²) in [6.45, 7) is 5.49. The molecule has 1 aromatic heterocycles. The third-order valence-electron chi connectivity index (χ3n) is 3.59. The van der Waals surface area contributed by atoms with E-state index in [1.165, 1.54) is 31.4 Å². The maximum atomic E-state index is 4.34. The quantitative estimate of drug-likeness (QED) is 0.827. The number of aryl methyl sites for hydroxylation is 1. The lowest BCUT2D eigenvalue weighted by atomic mass is 10.00. The minimum atomic E-state index is 0.585. The summed E-state index contributed by atoms with van der Waals surface area (Å²) in [5.74, 6) is 0.856. The molecule has 1 unspecified atom stereocenters. The summed E-state index contributed by atoms with van der Waals surface area (Å²) in [5.41, 5.74) is 1.17. The fourth-order valence-corrected chi connectivity index (χ4v) is 2.63. The normalized spacial score (nSPS) is 18.9. The standard InChI is InChI=1S/C13H23N3/c1-3-8-16-10-13(9-14-16)15-11(2)12-6-4-5-7-12/h9-12,15H,3-8H2,1-2H3. The average molecular weight is 221 g/mol. The van der Waals surface area contributed by atoms with Gasteiger partial charge in [-0.05, 0) is 32.1 Å². The van der Waals surface area contributed by atoms with Crippen LogP contribution in [0.3, 0.4) is 0 Å². The molecule has 1 aromatic rings. The largest absolute Gasteiger partial charge is 0.380 e. The van der Waals surface area contributed by atoms with Gasteiger partial charge in [0.1, 0.15) is 0 Å². The number of hydrogen-bond acceptors (Lipinski definition) is 2. The Hall–Kier alpha value is -0.990. The van der Waals surface area contributed by atoms with Gasteiger partial charge in [-0.3, -0.25) is 4.68 Å². The highest BCUT2D eigenvalue weighted by Crippen LogP contribution is 2.29. The Labute approximate surface area is 98.2 Å². The van der Waals surface area contributed by atoms with Gasteiger partial charge in [-0.1, -0.05) is 19.8 Å². The highest BCUT2D eigenvalue weighted by Gasteiger charge is 2.21. The smallest absolute Gasteiger partial charge is 0.0728 e. The molecule has 1 atom stereocenters. The first-order valence-corrected chi connectivity index (χ1v) is 6.58. The van der Waals surface area contributed by atoms with Crippen LogP contribution in [0, 0.1) is 5.92 Å². The van der Waals surface area contributed by atoms with Crippen LogP contribution in [0.4, 0.5) is 5.69 Å². The van der Waals surface area contributed by atoms with E-state index in [0.717, 1.165) is 18.9 Å². The maximum absolute atomic E-state index is 4.34. The predicted octanol–water partition coefficient (Wildman–Crippen LogP) is 3.28. The van der Waals surface area contributed by atoms with Gasteiger partial charge >= 0.3 is 0 Å². The molecule has 2 rings (SSSR count). The van der Waals surface area contributed by atoms with Crippen molar-refractivity contribution in [1.29, 1.82) is 0 Å². The van der Waals surface area contributed by atoms with Crippen LogP contribution >= 0.6 is 0 Å². The second kappa shape index (κ2) is 5.37. The van der Waals surface area contributed by atoms with Crippen molar-refractivity contribution in [3.05, 3.63) is 12.4 Å². The van der Waals surface area contributed by atoms with E-state index in [2.05, 4.69) is 30.5 Å². The van der Waals surface area contributed by atoms with Crippen LogP contribution in [-0.2, 0) is 6.54 Å².